The van der Waals surface area contributed by atoms with Crippen molar-refractivity contribution in [2.45, 2.75) is 70.2 Å². The van der Waals surface area contributed by atoms with E-state index in [-0.39, 0.29) is 18.1 Å². The zero-order valence-corrected chi connectivity index (χ0v) is 17.3. The van der Waals surface area contributed by atoms with Gasteiger partial charge >= 0.3 is 12.1 Å². The fourth-order valence-electron chi connectivity index (χ4n) is 5.67. The molecule has 0 saturated carbocycles. The molecule has 1 aliphatic carbocycles. The van der Waals surface area contributed by atoms with Gasteiger partial charge in [0.05, 0.1) is 0 Å². The highest BCUT2D eigenvalue weighted by molar-refractivity contribution is 5.83. The second kappa shape index (κ2) is 6.22. The summed E-state index contributed by atoms with van der Waals surface area (Å²) in [5.74, 6) is -1.18. The number of amides is 1. The van der Waals surface area contributed by atoms with E-state index in [1.54, 1.807) is 0 Å². The first-order valence-electron chi connectivity index (χ1n) is 10.5. The van der Waals surface area contributed by atoms with Gasteiger partial charge in [-0.3, -0.25) is 4.79 Å². The van der Waals surface area contributed by atoms with Gasteiger partial charge < -0.3 is 14.1 Å². The predicted octanol–water partition coefficient (Wildman–Crippen LogP) is 4.68. The van der Waals surface area contributed by atoms with Crippen LogP contribution in [0.1, 0.15) is 63.2 Å². The molecule has 0 N–H and O–H groups in total. The molecule has 2 saturated heterocycles. The number of piperidine rings is 1. The number of nitrogens with zero attached hydrogens (tertiary/aromatic N) is 2. The van der Waals surface area contributed by atoms with Gasteiger partial charge in [0.2, 0.25) is 5.89 Å². The van der Waals surface area contributed by atoms with Gasteiger partial charge in [0.15, 0.2) is 5.58 Å². The van der Waals surface area contributed by atoms with E-state index in [0.29, 0.717) is 30.9 Å². The normalized spacial score (nSPS) is 30.5. The molecule has 1 unspecified atom stereocenters. The Hall–Kier alpha value is -2.09. The van der Waals surface area contributed by atoms with Crippen LogP contribution in [0.15, 0.2) is 16.5 Å². The third kappa shape index (κ3) is 2.65. The van der Waals surface area contributed by atoms with Crippen LogP contribution in [0.2, 0.25) is 0 Å². The van der Waals surface area contributed by atoms with Crippen molar-refractivity contribution in [3.8, 4) is 0 Å². The number of alkyl halides is 3. The second-order valence-electron chi connectivity index (χ2n) is 9.55. The number of oxazole rings is 1. The van der Waals surface area contributed by atoms with Gasteiger partial charge in [-0.1, -0.05) is 20.8 Å². The Balaban J connectivity index is 1.60. The smallest absolute Gasteiger partial charge is 0.438 e. The van der Waals surface area contributed by atoms with E-state index < -0.39 is 23.5 Å². The minimum atomic E-state index is -4.87. The number of aromatic nitrogens is 1. The summed E-state index contributed by atoms with van der Waals surface area (Å²) < 4.78 is 51.3. The molecule has 2 aliphatic heterocycles. The van der Waals surface area contributed by atoms with Crippen molar-refractivity contribution in [3.05, 3.63) is 29.2 Å². The van der Waals surface area contributed by atoms with Crippen LogP contribution < -0.4 is 0 Å². The summed E-state index contributed by atoms with van der Waals surface area (Å²) in [6.45, 7) is 6.83. The number of hydrogen-bond acceptors (Lipinski definition) is 4. The van der Waals surface area contributed by atoms with Crippen molar-refractivity contribution in [2.24, 2.45) is 5.41 Å². The molecule has 5 nitrogen and oxygen atoms in total. The summed E-state index contributed by atoms with van der Waals surface area (Å²) in [5, 5.41) is 0. The van der Waals surface area contributed by atoms with Gasteiger partial charge in [0.1, 0.15) is 11.6 Å². The van der Waals surface area contributed by atoms with E-state index in [2.05, 4.69) is 11.9 Å². The van der Waals surface area contributed by atoms with Gasteiger partial charge in [-0.2, -0.15) is 13.2 Å². The standard InChI is InChI=1S/C22H25F3N2O3/c1-20(2)17-10-12-9-16-14(26-18(30-16)15-5-4-8-29-15)11-13(12)21(20,3)6-7-27(17)19(28)22(23,24)25/h9,11,15,17H,4-8,10H2,1-3H3/t15?,17-,21+/m1/s1. The fraction of sp³-hybridized carbons (Fsp3) is 0.636. The van der Waals surface area contributed by atoms with Crippen molar-refractivity contribution >= 4 is 17.0 Å². The molecule has 3 atom stereocenters. The first-order chi connectivity index (χ1) is 14.0. The second-order valence-corrected chi connectivity index (χ2v) is 9.55. The molecule has 0 radical (unpaired) electrons. The molecule has 1 aromatic heterocycles. The number of likely N-dealkylation sites (tertiary alicyclic amines) is 1. The topological polar surface area (TPSA) is 55.6 Å². The van der Waals surface area contributed by atoms with Crippen LogP contribution in [0, 0.1) is 5.41 Å². The van der Waals surface area contributed by atoms with Crippen molar-refractivity contribution in [2.75, 3.05) is 13.2 Å². The third-order valence-corrected chi connectivity index (χ3v) is 7.83. The van der Waals surface area contributed by atoms with Crippen molar-refractivity contribution in [1.29, 1.82) is 0 Å². The summed E-state index contributed by atoms with van der Waals surface area (Å²) >= 11 is 0. The Kier molecular flexibility index (Phi) is 4.11. The van der Waals surface area contributed by atoms with E-state index in [0.717, 1.165) is 34.4 Å². The average molecular weight is 422 g/mol. The number of halogens is 3. The molecule has 3 aliphatic rings. The van der Waals surface area contributed by atoms with Gasteiger partial charge in [-0.25, -0.2) is 4.98 Å². The maximum absolute atomic E-state index is 13.2. The lowest BCUT2D eigenvalue weighted by Crippen LogP contribution is -2.66. The van der Waals surface area contributed by atoms with Crippen molar-refractivity contribution in [3.63, 3.8) is 0 Å². The minimum Gasteiger partial charge on any atom is -0.438 e. The molecule has 1 aromatic carbocycles. The Morgan fingerprint density at radius 2 is 2.03 bits per heavy atom. The van der Waals surface area contributed by atoms with Crippen LogP contribution in [0.3, 0.4) is 0 Å². The highest BCUT2D eigenvalue weighted by Crippen LogP contribution is 2.57. The lowest BCUT2D eigenvalue weighted by atomic mass is 9.51. The molecule has 2 aromatic rings. The van der Waals surface area contributed by atoms with E-state index in [1.807, 2.05) is 26.0 Å². The lowest BCUT2D eigenvalue weighted by molar-refractivity contribution is -0.195. The fourth-order valence-corrected chi connectivity index (χ4v) is 5.67. The van der Waals surface area contributed by atoms with Crippen LogP contribution in [0.4, 0.5) is 13.2 Å². The number of benzene rings is 1. The highest BCUT2D eigenvalue weighted by atomic mass is 19.4. The Morgan fingerprint density at radius 3 is 2.70 bits per heavy atom. The van der Waals surface area contributed by atoms with Crippen LogP contribution in [-0.4, -0.2) is 41.2 Å². The zero-order chi connectivity index (χ0) is 21.5. The number of rotatable bonds is 1. The summed E-state index contributed by atoms with van der Waals surface area (Å²) in [4.78, 5) is 17.8. The molecule has 162 valence electrons. The number of ether oxygens (including phenoxy) is 1. The van der Waals surface area contributed by atoms with Gasteiger partial charge in [-0.15, -0.1) is 0 Å². The molecule has 5 rings (SSSR count). The molecule has 2 fully saturated rings. The first kappa shape index (κ1) is 19.8. The molecular formula is C22H25F3N2O3. The minimum absolute atomic E-state index is 0.0976. The quantitative estimate of drug-likeness (QED) is 0.670. The Morgan fingerprint density at radius 1 is 1.27 bits per heavy atom. The molecule has 3 heterocycles. The Bertz CT molecular complexity index is 1020. The lowest BCUT2D eigenvalue weighted by Gasteiger charge is -2.60. The van der Waals surface area contributed by atoms with Crippen molar-refractivity contribution < 1.29 is 27.1 Å². The van der Waals surface area contributed by atoms with Crippen LogP contribution >= 0.6 is 0 Å². The summed E-state index contributed by atoms with van der Waals surface area (Å²) in [5.41, 5.74) is 2.52. The molecular weight excluding hydrogens is 397 g/mol. The van der Waals surface area contributed by atoms with E-state index in [9.17, 15) is 18.0 Å². The van der Waals surface area contributed by atoms with E-state index >= 15 is 0 Å². The first-order valence-corrected chi connectivity index (χ1v) is 10.5. The third-order valence-electron chi connectivity index (χ3n) is 7.83. The number of hydrogen-bond donors (Lipinski definition) is 0. The number of carbonyl (C=O) groups excluding carboxylic acids is 1. The Labute approximate surface area is 172 Å². The van der Waals surface area contributed by atoms with Gasteiger partial charge in [-0.05, 0) is 54.4 Å². The number of carbonyl (C=O) groups is 1. The SMILES string of the molecule is CC1(C)[C@H]2Cc3cc4oc(C5CCCO5)nc4cc3[C@]1(C)CCN2C(=O)C(F)(F)F. The maximum Gasteiger partial charge on any atom is 0.471 e. The summed E-state index contributed by atoms with van der Waals surface area (Å²) in [6.07, 6.45) is -2.33. The van der Waals surface area contributed by atoms with Gasteiger partial charge in [0, 0.05) is 24.6 Å². The molecule has 0 spiro atoms. The predicted molar refractivity (Wildman–Crippen MR) is 103 cm³/mol. The van der Waals surface area contributed by atoms with Crippen molar-refractivity contribution in [1.82, 2.24) is 9.88 Å². The van der Waals surface area contributed by atoms with E-state index in [4.69, 9.17) is 9.15 Å². The van der Waals surface area contributed by atoms with Crippen LogP contribution in [-0.2, 0) is 21.4 Å². The molecule has 2 bridgehead atoms. The summed E-state index contributed by atoms with van der Waals surface area (Å²) in [7, 11) is 0. The summed E-state index contributed by atoms with van der Waals surface area (Å²) in [6, 6.07) is 3.40. The molecule has 8 heteroatoms. The van der Waals surface area contributed by atoms with Crippen LogP contribution in [0.25, 0.3) is 11.1 Å². The largest absolute Gasteiger partial charge is 0.471 e. The molecule has 1 amide bonds. The zero-order valence-electron chi connectivity index (χ0n) is 17.3. The van der Waals surface area contributed by atoms with Gasteiger partial charge in [0.25, 0.3) is 0 Å². The monoisotopic (exact) mass is 422 g/mol. The molecule has 30 heavy (non-hydrogen) atoms. The highest BCUT2D eigenvalue weighted by Gasteiger charge is 2.59. The maximum atomic E-state index is 13.2. The van der Waals surface area contributed by atoms with Crippen LogP contribution in [0.5, 0.6) is 0 Å². The van der Waals surface area contributed by atoms with E-state index in [1.165, 1.54) is 0 Å². The average Bonchev–Trinajstić information content (AvgIpc) is 3.31. The number of fused-ring (bicyclic) bond motifs is 5.